The first kappa shape index (κ1) is 50.3. The van der Waals surface area contributed by atoms with Gasteiger partial charge in [0.05, 0.1) is 32.0 Å². The monoisotopic (exact) mass is 881 g/mol. The Morgan fingerprint density at radius 3 is 1.89 bits per heavy atom. The maximum absolute atomic E-state index is 13.2. The van der Waals surface area contributed by atoms with Crippen LogP contribution in [-0.2, 0) is 28.6 Å². The second-order valence-corrected chi connectivity index (χ2v) is 17.1. The van der Waals surface area contributed by atoms with Crippen molar-refractivity contribution in [1.82, 2.24) is 5.32 Å². The van der Waals surface area contributed by atoms with Crippen molar-refractivity contribution in [3.05, 3.63) is 42.0 Å². The van der Waals surface area contributed by atoms with Gasteiger partial charge in [-0.2, -0.15) is 13.2 Å². The van der Waals surface area contributed by atoms with Gasteiger partial charge in [0.15, 0.2) is 0 Å². The summed E-state index contributed by atoms with van der Waals surface area (Å²) < 4.78 is 73.6. The van der Waals surface area contributed by atoms with Crippen molar-refractivity contribution < 1.29 is 45.9 Å². The summed E-state index contributed by atoms with van der Waals surface area (Å²) >= 11 is 3.22. The van der Waals surface area contributed by atoms with Crippen LogP contribution in [0.3, 0.4) is 0 Å². The summed E-state index contributed by atoms with van der Waals surface area (Å²) in [6, 6.07) is 4.93. The molecule has 10 nitrogen and oxygen atoms in total. The van der Waals surface area contributed by atoms with Crippen LogP contribution in [-0.4, -0.2) is 61.6 Å². The van der Waals surface area contributed by atoms with Crippen molar-refractivity contribution in [2.24, 2.45) is 10.2 Å². The van der Waals surface area contributed by atoms with Crippen LogP contribution < -0.4 is 10.1 Å². The van der Waals surface area contributed by atoms with E-state index in [0.29, 0.717) is 24.1 Å². The van der Waals surface area contributed by atoms with Crippen molar-refractivity contribution in [3.63, 3.8) is 0 Å². The van der Waals surface area contributed by atoms with Gasteiger partial charge in [-0.25, -0.2) is 4.57 Å². The topological polar surface area (TPSA) is 128 Å². The summed E-state index contributed by atoms with van der Waals surface area (Å²) in [4.78, 5) is 12.8. The van der Waals surface area contributed by atoms with Crippen LogP contribution >= 0.6 is 23.8 Å². The third-order valence-corrected chi connectivity index (χ3v) is 11.5. The van der Waals surface area contributed by atoms with E-state index in [-0.39, 0.29) is 24.7 Å². The highest BCUT2D eigenvalue weighted by Gasteiger charge is 2.65. The summed E-state index contributed by atoms with van der Waals surface area (Å²) in [6.45, 7) is 2.61. The van der Waals surface area contributed by atoms with Crippen molar-refractivity contribution in [1.29, 1.82) is 0 Å². The van der Waals surface area contributed by atoms with Gasteiger partial charge in [0.1, 0.15) is 5.75 Å². The molecule has 1 unspecified atom stereocenters. The molecule has 0 saturated carbocycles. The summed E-state index contributed by atoms with van der Waals surface area (Å²) in [5.74, 6) is 0.331. The number of aliphatic hydroxyl groups excluding tert-OH is 1. The van der Waals surface area contributed by atoms with E-state index in [1.54, 1.807) is 6.08 Å². The number of carbonyl (C=O) groups excluding carboxylic acids is 1. The number of phosphoric acid groups is 1. The number of ether oxygens (including phenoxy) is 1. The molecule has 1 heterocycles. The van der Waals surface area contributed by atoms with Crippen LogP contribution in [0.15, 0.2) is 46.6 Å². The Kier molecular flexibility index (Phi) is 26.4. The number of hydrogen-bond donors (Lipinski definition) is 2. The minimum Gasteiger partial charge on any atom is -0.494 e. The molecule has 322 valence electrons. The van der Waals surface area contributed by atoms with Gasteiger partial charge in [0, 0.05) is 24.4 Å². The lowest BCUT2D eigenvalue weighted by molar-refractivity contribution is -0.166. The van der Waals surface area contributed by atoms with Crippen LogP contribution in [0.5, 0.6) is 5.75 Å². The zero-order chi connectivity index (χ0) is 41.0. The van der Waals surface area contributed by atoms with Crippen molar-refractivity contribution in [2.75, 3.05) is 32.3 Å². The maximum Gasteiger partial charge on any atom is 0.474 e. The quantitative estimate of drug-likeness (QED) is 0.0297. The van der Waals surface area contributed by atoms with Crippen LogP contribution in [0.2, 0.25) is 0 Å². The van der Waals surface area contributed by atoms with Gasteiger partial charge in [-0.15, -0.1) is 10.2 Å². The van der Waals surface area contributed by atoms with Gasteiger partial charge in [-0.1, -0.05) is 156 Å². The summed E-state index contributed by atoms with van der Waals surface area (Å²) in [7, 11) is -2.61. The number of nitrogens with zero attached hydrogens (tertiary/aromatic N) is 2. The molecule has 0 radical (unpaired) electrons. The van der Waals surface area contributed by atoms with Crippen LogP contribution in [0.25, 0.3) is 0 Å². The molecule has 0 saturated heterocycles. The molecule has 1 aromatic rings. The molecule has 2 N–H and O–H groups in total. The molecular formula is C41H68BrF3N3O7P. The van der Waals surface area contributed by atoms with E-state index in [9.17, 15) is 27.6 Å². The predicted molar refractivity (Wildman–Crippen MR) is 219 cm³/mol. The molecule has 1 aliphatic heterocycles. The van der Waals surface area contributed by atoms with Gasteiger partial charge in [0.2, 0.25) is 5.91 Å². The fourth-order valence-electron chi connectivity index (χ4n) is 6.30. The number of hydrogen-bond acceptors (Lipinski definition) is 9. The molecule has 0 aromatic heterocycles. The molecule has 0 fully saturated rings. The van der Waals surface area contributed by atoms with Crippen LogP contribution in [0.1, 0.15) is 154 Å². The molecule has 0 spiro atoms. The number of halogens is 4. The largest absolute Gasteiger partial charge is 0.494 e. The normalized spacial score (nSPS) is 15.8. The Hall–Kier alpha value is -1.83. The second kappa shape index (κ2) is 29.4. The number of aliphatic hydroxyl groups is 1. The molecule has 56 heavy (non-hydrogen) atoms. The Morgan fingerprint density at radius 2 is 1.38 bits per heavy atom. The van der Waals surface area contributed by atoms with Gasteiger partial charge >= 0.3 is 19.7 Å². The zero-order valence-corrected chi connectivity index (χ0v) is 36.2. The first-order valence-corrected chi connectivity index (χ1v) is 23.5. The smallest absolute Gasteiger partial charge is 0.474 e. The number of benzene rings is 1. The third kappa shape index (κ3) is 21.3. The molecule has 1 amide bonds. The summed E-state index contributed by atoms with van der Waals surface area (Å²) in [5.41, 5.74) is -2.42. The molecule has 1 aliphatic rings. The number of rotatable bonds is 36. The molecular weight excluding hydrogens is 814 g/mol. The van der Waals surface area contributed by atoms with Crippen molar-refractivity contribution >= 4 is 29.7 Å². The van der Waals surface area contributed by atoms with Crippen molar-refractivity contribution in [2.45, 2.75) is 172 Å². The Bertz CT molecular complexity index is 1280. The SMILES string of the molecule is CCCCCCCCCCCCCCCC(=O)N[C@@H](COP(=O)(OC)OCCBr)[C@H](O)C=CCCCCCCCCCOc1ccc(C2(C(F)(F)F)N=N2)cc1. The molecule has 0 aliphatic carbocycles. The fourth-order valence-corrected chi connectivity index (χ4v) is 7.66. The number of carbonyl (C=O) groups is 1. The Morgan fingerprint density at radius 1 is 0.839 bits per heavy atom. The van der Waals surface area contributed by atoms with Crippen molar-refractivity contribution in [3.8, 4) is 5.75 Å². The van der Waals surface area contributed by atoms with Crippen LogP contribution in [0, 0.1) is 0 Å². The van der Waals surface area contributed by atoms with Gasteiger partial charge in [-0.3, -0.25) is 18.4 Å². The van der Waals surface area contributed by atoms with E-state index in [2.05, 4.69) is 38.4 Å². The van der Waals surface area contributed by atoms with E-state index in [4.69, 9.17) is 18.3 Å². The van der Waals surface area contributed by atoms with E-state index in [0.717, 1.165) is 70.6 Å². The predicted octanol–water partition coefficient (Wildman–Crippen LogP) is 12.4. The second-order valence-electron chi connectivity index (χ2n) is 14.5. The highest BCUT2D eigenvalue weighted by molar-refractivity contribution is 9.09. The minimum atomic E-state index is -4.54. The average molecular weight is 883 g/mol. The first-order valence-electron chi connectivity index (χ1n) is 20.9. The molecule has 2 rings (SSSR count). The molecule has 15 heteroatoms. The van der Waals surface area contributed by atoms with Crippen LogP contribution in [0.4, 0.5) is 13.2 Å². The number of nitrogens with one attached hydrogen (secondary N) is 1. The minimum absolute atomic E-state index is 0.00989. The number of phosphoric ester groups is 1. The maximum atomic E-state index is 13.2. The average Bonchev–Trinajstić information content (AvgIpc) is 4.01. The first-order chi connectivity index (χ1) is 27.0. The zero-order valence-electron chi connectivity index (χ0n) is 33.8. The lowest BCUT2D eigenvalue weighted by Gasteiger charge is -2.24. The molecule has 3 atom stereocenters. The Balaban J connectivity index is 1.61. The van der Waals surface area contributed by atoms with E-state index < -0.39 is 31.8 Å². The highest BCUT2D eigenvalue weighted by Crippen LogP contribution is 2.52. The number of unbranched alkanes of at least 4 members (excludes halogenated alkanes) is 19. The standard InChI is InChI=1S/C41H68BrF3N3O7P/c1-3-4-5-6-7-8-9-10-11-14-17-20-23-26-39(50)46-37(34-55-56(51,52-2)54-33-31-42)38(49)25-22-19-16-13-12-15-18-21-24-32-53-36-29-27-35(28-30-36)40(47-48-40)41(43,44)45/h22,25,27-30,37-38,49H,3-21,23-24,26,31-34H2,1-2H3,(H,46,50)/t37-,38+,56?/m0/s1. The van der Waals surface area contributed by atoms with E-state index in [1.165, 1.54) is 95.6 Å². The number of amides is 1. The van der Waals surface area contributed by atoms with E-state index in [1.807, 2.05) is 6.08 Å². The molecule has 0 bridgehead atoms. The lowest BCUT2D eigenvalue weighted by Crippen LogP contribution is -2.45. The van der Waals surface area contributed by atoms with E-state index >= 15 is 0 Å². The highest BCUT2D eigenvalue weighted by atomic mass is 79.9. The van der Waals surface area contributed by atoms with Gasteiger partial charge in [-0.05, 0) is 37.8 Å². The lowest BCUT2D eigenvalue weighted by atomic mass is 10.0. The van der Waals surface area contributed by atoms with Gasteiger partial charge in [0.25, 0.3) is 0 Å². The molecule has 1 aromatic carbocycles. The summed E-state index contributed by atoms with van der Waals surface area (Å²) in [5, 5.41) is 20.7. The third-order valence-electron chi connectivity index (χ3n) is 9.80. The Labute approximate surface area is 342 Å². The number of alkyl halides is 4. The van der Waals surface area contributed by atoms with Gasteiger partial charge < -0.3 is 15.2 Å². The fraction of sp³-hybridized carbons (Fsp3) is 0.780. The summed E-state index contributed by atoms with van der Waals surface area (Å²) in [6.07, 6.45) is 22.0. The number of allylic oxidation sites excluding steroid dienone is 1.